The van der Waals surface area contributed by atoms with E-state index in [4.69, 9.17) is 9.47 Å². The fourth-order valence-electron chi connectivity index (χ4n) is 4.05. The van der Waals surface area contributed by atoms with E-state index in [0.717, 1.165) is 30.9 Å². The van der Waals surface area contributed by atoms with Crippen LogP contribution in [0.4, 0.5) is 0 Å². The molecular formula is C19H20BrNO2. The maximum Gasteiger partial charge on any atom is 0.168 e. The van der Waals surface area contributed by atoms with Gasteiger partial charge in [0.15, 0.2) is 11.5 Å². The van der Waals surface area contributed by atoms with Crippen molar-refractivity contribution >= 4 is 15.9 Å². The molecule has 0 amide bonds. The summed E-state index contributed by atoms with van der Waals surface area (Å²) in [5.41, 5.74) is 6.72. The first-order chi connectivity index (χ1) is 11.2. The third-order valence-corrected chi connectivity index (χ3v) is 5.94. The molecule has 2 aromatic rings. The van der Waals surface area contributed by atoms with Crippen LogP contribution >= 0.6 is 15.9 Å². The van der Waals surface area contributed by atoms with Crippen LogP contribution in [0.2, 0.25) is 0 Å². The molecule has 0 unspecified atom stereocenters. The Kier molecular flexibility index (Phi) is 3.62. The minimum absolute atomic E-state index is 0.442. The van der Waals surface area contributed by atoms with Crippen LogP contribution in [0.5, 0.6) is 11.5 Å². The largest absolute Gasteiger partial charge is 0.493 e. The summed E-state index contributed by atoms with van der Waals surface area (Å²) in [4.78, 5) is 2.47. The maximum atomic E-state index is 5.73. The fourth-order valence-corrected chi connectivity index (χ4v) is 4.60. The zero-order chi connectivity index (χ0) is 16.1. The van der Waals surface area contributed by atoms with Gasteiger partial charge in [-0.25, -0.2) is 0 Å². The van der Waals surface area contributed by atoms with E-state index in [1.165, 1.54) is 32.3 Å². The molecule has 0 aromatic heterocycles. The zero-order valence-corrected chi connectivity index (χ0v) is 15.2. The Morgan fingerprint density at radius 3 is 2.70 bits per heavy atom. The summed E-state index contributed by atoms with van der Waals surface area (Å²) < 4.78 is 12.5. The third kappa shape index (κ3) is 2.12. The van der Waals surface area contributed by atoms with Gasteiger partial charge >= 0.3 is 0 Å². The van der Waals surface area contributed by atoms with E-state index in [0.29, 0.717) is 6.04 Å². The summed E-state index contributed by atoms with van der Waals surface area (Å²) in [6.07, 6.45) is 2.10. The Morgan fingerprint density at radius 1 is 1.13 bits per heavy atom. The molecule has 0 fully saturated rings. The predicted molar refractivity (Wildman–Crippen MR) is 95.5 cm³/mol. The highest BCUT2D eigenvalue weighted by atomic mass is 79.9. The Balaban J connectivity index is 2.04. The van der Waals surface area contributed by atoms with Crippen LogP contribution < -0.4 is 9.47 Å². The van der Waals surface area contributed by atoms with E-state index < -0.39 is 0 Å². The Hall–Kier alpha value is -1.52. The van der Waals surface area contributed by atoms with Gasteiger partial charge in [0.25, 0.3) is 0 Å². The second kappa shape index (κ2) is 5.53. The molecule has 120 valence electrons. The van der Waals surface area contributed by atoms with Gasteiger partial charge in [-0.3, -0.25) is 4.90 Å². The molecule has 1 atom stereocenters. The minimum Gasteiger partial charge on any atom is -0.493 e. The van der Waals surface area contributed by atoms with Crippen LogP contribution in [0.1, 0.15) is 22.7 Å². The lowest BCUT2D eigenvalue weighted by Crippen LogP contribution is -2.35. The topological polar surface area (TPSA) is 21.7 Å². The molecule has 0 saturated carbocycles. The number of benzene rings is 2. The van der Waals surface area contributed by atoms with Crippen LogP contribution in [-0.2, 0) is 12.8 Å². The number of halogens is 1. The van der Waals surface area contributed by atoms with Gasteiger partial charge < -0.3 is 9.47 Å². The van der Waals surface area contributed by atoms with E-state index in [2.05, 4.69) is 46.1 Å². The van der Waals surface area contributed by atoms with Crippen molar-refractivity contribution in [3.05, 3.63) is 45.4 Å². The lowest BCUT2D eigenvalue weighted by molar-refractivity contribution is 0.227. The average Bonchev–Trinajstić information content (AvgIpc) is 2.58. The van der Waals surface area contributed by atoms with E-state index >= 15 is 0 Å². The normalized spacial score (nSPS) is 19.0. The summed E-state index contributed by atoms with van der Waals surface area (Å²) in [7, 11) is 5.65. The van der Waals surface area contributed by atoms with E-state index in [9.17, 15) is 0 Å². The molecule has 0 saturated heterocycles. The number of hydrogen-bond acceptors (Lipinski definition) is 3. The summed E-state index contributed by atoms with van der Waals surface area (Å²) >= 11 is 3.75. The van der Waals surface area contributed by atoms with Gasteiger partial charge in [-0.2, -0.15) is 0 Å². The van der Waals surface area contributed by atoms with Crippen LogP contribution in [0.3, 0.4) is 0 Å². The second-order valence-corrected chi connectivity index (χ2v) is 7.13. The molecule has 0 spiro atoms. The van der Waals surface area contributed by atoms with E-state index in [-0.39, 0.29) is 0 Å². The van der Waals surface area contributed by atoms with Crippen molar-refractivity contribution in [3.63, 3.8) is 0 Å². The van der Waals surface area contributed by atoms with Gasteiger partial charge in [0.1, 0.15) is 0 Å². The quantitative estimate of drug-likeness (QED) is 0.786. The highest BCUT2D eigenvalue weighted by Gasteiger charge is 2.35. The molecule has 2 aliphatic rings. The molecule has 23 heavy (non-hydrogen) atoms. The molecule has 0 bridgehead atoms. The predicted octanol–water partition coefficient (Wildman–Crippen LogP) is 4.22. The number of nitrogens with zero attached hydrogens (tertiary/aromatic N) is 1. The van der Waals surface area contributed by atoms with Gasteiger partial charge in [-0.15, -0.1) is 0 Å². The van der Waals surface area contributed by atoms with Gasteiger partial charge in [0.2, 0.25) is 0 Å². The van der Waals surface area contributed by atoms with Crippen molar-refractivity contribution in [1.82, 2.24) is 4.90 Å². The van der Waals surface area contributed by atoms with Gasteiger partial charge in [0.05, 0.1) is 14.2 Å². The minimum atomic E-state index is 0.442. The van der Waals surface area contributed by atoms with Gasteiger partial charge in [-0.05, 0) is 54.3 Å². The number of fused-ring (bicyclic) bond motifs is 2. The second-order valence-electron chi connectivity index (χ2n) is 6.27. The monoisotopic (exact) mass is 373 g/mol. The number of rotatable bonds is 2. The number of ether oxygens (including phenoxy) is 2. The summed E-state index contributed by atoms with van der Waals surface area (Å²) in [6, 6.07) is 9.03. The van der Waals surface area contributed by atoms with Crippen molar-refractivity contribution in [1.29, 1.82) is 0 Å². The van der Waals surface area contributed by atoms with Crippen LogP contribution in [0, 0.1) is 0 Å². The molecule has 1 heterocycles. The Bertz CT molecular complexity index is 787. The molecule has 1 aliphatic heterocycles. The standard InChI is InChI=1S/C19H20BrNO2/c1-21-9-8-12-14(20)6-5-13-17-11(10-15(21)18(12)13)4-7-16(22-2)19(17)23-3/h4-7,15H,8-10H2,1-3H3/t15-/m0/s1. The first-order valence-corrected chi connectivity index (χ1v) is 8.70. The van der Waals surface area contributed by atoms with Crippen LogP contribution in [0.25, 0.3) is 11.1 Å². The van der Waals surface area contributed by atoms with Gasteiger partial charge in [0, 0.05) is 22.6 Å². The molecule has 4 heteroatoms. The lowest BCUT2D eigenvalue weighted by Gasteiger charge is -2.40. The van der Waals surface area contributed by atoms with E-state index in [1.807, 2.05) is 6.07 Å². The SMILES string of the molecule is COc1ccc2c(c1OC)-c1ccc(Br)c3c1[C@H](C2)N(C)CC3. The van der Waals surface area contributed by atoms with Crippen LogP contribution in [0.15, 0.2) is 28.7 Å². The van der Waals surface area contributed by atoms with Crippen molar-refractivity contribution in [2.24, 2.45) is 0 Å². The zero-order valence-electron chi connectivity index (χ0n) is 13.6. The maximum absolute atomic E-state index is 5.73. The van der Waals surface area contributed by atoms with Crippen molar-refractivity contribution in [3.8, 4) is 22.6 Å². The number of likely N-dealkylation sites (N-methyl/N-ethyl adjacent to an activating group) is 1. The molecule has 4 rings (SSSR count). The molecule has 2 aromatic carbocycles. The highest BCUT2D eigenvalue weighted by molar-refractivity contribution is 9.10. The first kappa shape index (κ1) is 15.0. The van der Waals surface area contributed by atoms with Crippen molar-refractivity contribution in [2.75, 3.05) is 27.8 Å². The summed E-state index contributed by atoms with van der Waals surface area (Å²) in [5, 5.41) is 0. The number of hydrogen-bond donors (Lipinski definition) is 0. The Labute approximate surface area is 145 Å². The molecule has 0 N–H and O–H groups in total. The van der Waals surface area contributed by atoms with Crippen molar-refractivity contribution in [2.45, 2.75) is 18.9 Å². The smallest absolute Gasteiger partial charge is 0.168 e. The molecule has 3 nitrogen and oxygen atoms in total. The molecular weight excluding hydrogens is 354 g/mol. The Morgan fingerprint density at radius 2 is 1.96 bits per heavy atom. The van der Waals surface area contributed by atoms with E-state index in [1.54, 1.807) is 14.2 Å². The van der Waals surface area contributed by atoms with Crippen LogP contribution in [-0.4, -0.2) is 32.7 Å². The highest BCUT2D eigenvalue weighted by Crippen LogP contribution is 2.51. The summed E-state index contributed by atoms with van der Waals surface area (Å²) in [6.45, 7) is 1.10. The first-order valence-electron chi connectivity index (χ1n) is 7.91. The average molecular weight is 374 g/mol. The van der Waals surface area contributed by atoms with Crippen molar-refractivity contribution < 1.29 is 9.47 Å². The molecule has 0 radical (unpaired) electrons. The lowest BCUT2D eigenvalue weighted by atomic mass is 9.77. The number of methoxy groups -OCH3 is 2. The molecule has 1 aliphatic carbocycles. The fraction of sp³-hybridized carbons (Fsp3) is 0.368. The third-order valence-electron chi connectivity index (χ3n) is 5.19. The summed E-state index contributed by atoms with van der Waals surface area (Å²) in [5.74, 6) is 1.65. The van der Waals surface area contributed by atoms with Gasteiger partial charge in [-0.1, -0.05) is 28.1 Å².